The summed E-state index contributed by atoms with van der Waals surface area (Å²) < 4.78 is 15.8. The molecule has 0 saturated heterocycles. The van der Waals surface area contributed by atoms with Gasteiger partial charge < -0.3 is 19.3 Å². The van der Waals surface area contributed by atoms with E-state index < -0.39 is 0 Å². The van der Waals surface area contributed by atoms with Gasteiger partial charge in [0.25, 0.3) is 5.89 Å². The molecule has 0 bridgehead atoms. The van der Waals surface area contributed by atoms with E-state index in [9.17, 15) is 0 Å². The van der Waals surface area contributed by atoms with Crippen molar-refractivity contribution in [3.63, 3.8) is 0 Å². The van der Waals surface area contributed by atoms with Crippen molar-refractivity contribution in [2.24, 2.45) is 0 Å². The van der Waals surface area contributed by atoms with Gasteiger partial charge in [0.2, 0.25) is 0 Å². The van der Waals surface area contributed by atoms with Crippen molar-refractivity contribution >= 4 is 5.82 Å². The van der Waals surface area contributed by atoms with Gasteiger partial charge in [0.1, 0.15) is 17.3 Å². The maximum atomic E-state index is 5.40. The summed E-state index contributed by atoms with van der Waals surface area (Å²) in [6.07, 6.45) is 1.70. The number of hydrogen-bond acceptors (Lipinski definition) is 7. The summed E-state index contributed by atoms with van der Waals surface area (Å²) in [5, 5.41) is 7.07. The quantitative estimate of drug-likeness (QED) is 0.745. The second-order valence-corrected chi connectivity index (χ2v) is 5.11. The van der Waals surface area contributed by atoms with Crippen molar-refractivity contribution in [1.82, 2.24) is 15.1 Å². The average Bonchev–Trinajstić information content (AvgIpc) is 3.06. The summed E-state index contributed by atoms with van der Waals surface area (Å²) >= 11 is 0. The van der Waals surface area contributed by atoms with Crippen LogP contribution >= 0.6 is 0 Å². The fourth-order valence-electron chi connectivity index (χ4n) is 2.26. The van der Waals surface area contributed by atoms with Crippen LogP contribution in [0.1, 0.15) is 11.4 Å². The lowest BCUT2D eigenvalue weighted by Gasteiger charge is -2.11. The second kappa shape index (κ2) is 6.99. The lowest BCUT2D eigenvalue weighted by Crippen LogP contribution is -2.03. The minimum Gasteiger partial charge on any atom is -0.497 e. The van der Waals surface area contributed by atoms with E-state index in [1.165, 1.54) is 0 Å². The molecule has 7 heteroatoms. The van der Waals surface area contributed by atoms with E-state index >= 15 is 0 Å². The highest BCUT2D eigenvalue weighted by Crippen LogP contribution is 2.25. The van der Waals surface area contributed by atoms with Crippen molar-refractivity contribution in [3.8, 4) is 23.0 Å². The van der Waals surface area contributed by atoms with Gasteiger partial charge in [-0.05, 0) is 31.2 Å². The summed E-state index contributed by atoms with van der Waals surface area (Å²) in [6, 6.07) is 9.39. The Morgan fingerprint density at radius 1 is 1.12 bits per heavy atom. The zero-order chi connectivity index (χ0) is 16.9. The summed E-state index contributed by atoms with van der Waals surface area (Å²) in [6.45, 7) is 2.34. The molecule has 2 aromatic heterocycles. The zero-order valence-corrected chi connectivity index (χ0v) is 13.7. The molecule has 7 nitrogen and oxygen atoms in total. The fraction of sp³-hybridized carbons (Fsp3) is 0.235. The predicted molar refractivity (Wildman–Crippen MR) is 89.1 cm³/mol. The number of benzene rings is 1. The number of nitrogens with zero attached hydrogens (tertiary/aromatic N) is 3. The van der Waals surface area contributed by atoms with Gasteiger partial charge in [-0.25, -0.2) is 4.98 Å². The van der Waals surface area contributed by atoms with Crippen LogP contribution in [-0.4, -0.2) is 29.3 Å². The lowest BCUT2D eigenvalue weighted by atomic mass is 10.2. The minimum absolute atomic E-state index is 0.472. The molecule has 0 unspecified atom stereocenters. The number of aryl methyl sites for hydroxylation is 1. The van der Waals surface area contributed by atoms with Crippen molar-refractivity contribution in [3.05, 3.63) is 47.9 Å². The van der Waals surface area contributed by atoms with Crippen LogP contribution in [0, 0.1) is 6.92 Å². The highest BCUT2D eigenvalue weighted by molar-refractivity contribution is 5.58. The van der Waals surface area contributed by atoms with Gasteiger partial charge in [-0.2, -0.15) is 4.98 Å². The first-order valence-electron chi connectivity index (χ1n) is 7.41. The molecule has 0 atom stereocenters. The van der Waals surface area contributed by atoms with Crippen molar-refractivity contribution in [2.75, 3.05) is 19.5 Å². The van der Waals surface area contributed by atoms with E-state index in [-0.39, 0.29) is 0 Å². The SMILES string of the molecule is COc1ccc(CNc2cc(-c3nc(C)no3)ccn2)c(OC)c1. The van der Waals surface area contributed by atoms with E-state index in [1.807, 2.05) is 30.3 Å². The third-order valence-corrected chi connectivity index (χ3v) is 3.49. The molecule has 0 aliphatic heterocycles. The van der Waals surface area contributed by atoms with E-state index in [0.717, 1.165) is 22.6 Å². The summed E-state index contributed by atoms with van der Waals surface area (Å²) in [5.74, 6) is 3.29. The van der Waals surface area contributed by atoms with Gasteiger partial charge in [0.15, 0.2) is 5.82 Å². The van der Waals surface area contributed by atoms with Crippen LogP contribution in [-0.2, 0) is 6.54 Å². The van der Waals surface area contributed by atoms with Gasteiger partial charge in [-0.1, -0.05) is 5.16 Å². The Bertz CT molecular complexity index is 832. The molecule has 0 radical (unpaired) electrons. The molecular weight excluding hydrogens is 308 g/mol. The largest absolute Gasteiger partial charge is 0.497 e. The molecule has 0 fully saturated rings. The summed E-state index contributed by atoms with van der Waals surface area (Å²) in [5.41, 5.74) is 1.81. The summed E-state index contributed by atoms with van der Waals surface area (Å²) in [4.78, 5) is 8.53. The smallest absolute Gasteiger partial charge is 0.258 e. The molecule has 124 valence electrons. The van der Waals surface area contributed by atoms with E-state index in [1.54, 1.807) is 27.3 Å². The number of methoxy groups -OCH3 is 2. The number of pyridine rings is 1. The van der Waals surface area contributed by atoms with E-state index in [4.69, 9.17) is 14.0 Å². The molecule has 0 aliphatic rings. The molecule has 0 spiro atoms. The first-order chi connectivity index (χ1) is 11.7. The monoisotopic (exact) mass is 326 g/mol. The third kappa shape index (κ3) is 3.45. The minimum atomic E-state index is 0.472. The van der Waals surface area contributed by atoms with Crippen LogP contribution in [0.25, 0.3) is 11.5 Å². The highest BCUT2D eigenvalue weighted by Gasteiger charge is 2.09. The van der Waals surface area contributed by atoms with Gasteiger partial charge in [-0.3, -0.25) is 0 Å². The van der Waals surface area contributed by atoms with Crippen molar-refractivity contribution < 1.29 is 14.0 Å². The average molecular weight is 326 g/mol. The van der Waals surface area contributed by atoms with E-state index in [2.05, 4.69) is 20.4 Å². The number of hydrogen-bond donors (Lipinski definition) is 1. The first-order valence-corrected chi connectivity index (χ1v) is 7.41. The standard InChI is InChI=1S/C17H18N4O3/c1-11-20-17(24-21-11)12-6-7-18-16(8-12)19-10-13-4-5-14(22-2)9-15(13)23-3/h4-9H,10H2,1-3H3,(H,18,19). The van der Waals surface area contributed by atoms with Gasteiger partial charge in [0.05, 0.1) is 14.2 Å². The summed E-state index contributed by atoms with van der Waals surface area (Å²) in [7, 11) is 3.26. The lowest BCUT2D eigenvalue weighted by molar-refractivity contribution is 0.391. The van der Waals surface area contributed by atoms with Crippen LogP contribution in [0.4, 0.5) is 5.82 Å². The Labute approximate surface area is 139 Å². The van der Waals surface area contributed by atoms with Crippen molar-refractivity contribution in [2.45, 2.75) is 13.5 Å². The highest BCUT2D eigenvalue weighted by atomic mass is 16.5. The molecule has 0 amide bonds. The number of ether oxygens (including phenoxy) is 2. The molecule has 0 aliphatic carbocycles. The fourth-order valence-corrected chi connectivity index (χ4v) is 2.26. The molecule has 0 saturated carbocycles. The molecular formula is C17H18N4O3. The molecule has 3 rings (SSSR count). The van der Waals surface area contributed by atoms with Crippen LogP contribution in [0.5, 0.6) is 11.5 Å². The Morgan fingerprint density at radius 3 is 2.71 bits per heavy atom. The Morgan fingerprint density at radius 2 is 2.00 bits per heavy atom. The second-order valence-electron chi connectivity index (χ2n) is 5.11. The van der Waals surface area contributed by atoms with Crippen LogP contribution < -0.4 is 14.8 Å². The molecule has 2 heterocycles. The van der Waals surface area contributed by atoms with Crippen LogP contribution in [0.3, 0.4) is 0 Å². The zero-order valence-electron chi connectivity index (χ0n) is 13.7. The van der Waals surface area contributed by atoms with Crippen LogP contribution in [0.15, 0.2) is 41.1 Å². The van der Waals surface area contributed by atoms with Gasteiger partial charge in [-0.15, -0.1) is 0 Å². The molecule has 3 aromatic rings. The predicted octanol–water partition coefficient (Wildman–Crippen LogP) is 3.07. The Hall–Kier alpha value is -3.09. The Balaban J connectivity index is 1.75. The number of aromatic nitrogens is 3. The molecule has 24 heavy (non-hydrogen) atoms. The van der Waals surface area contributed by atoms with Gasteiger partial charge in [0, 0.05) is 29.9 Å². The number of anilines is 1. The normalized spacial score (nSPS) is 10.5. The topological polar surface area (TPSA) is 82.3 Å². The number of nitrogens with one attached hydrogen (secondary N) is 1. The van der Waals surface area contributed by atoms with Crippen LogP contribution in [0.2, 0.25) is 0 Å². The van der Waals surface area contributed by atoms with Gasteiger partial charge >= 0.3 is 0 Å². The number of rotatable bonds is 6. The van der Waals surface area contributed by atoms with Crippen molar-refractivity contribution in [1.29, 1.82) is 0 Å². The first kappa shape index (κ1) is 15.8. The molecule has 1 N–H and O–H groups in total. The maximum Gasteiger partial charge on any atom is 0.258 e. The Kier molecular flexibility index (Phi) is 4.60. The molecule has 1 aromatic carbocycles. The third-order valence-electron chi connectivity index (χ3n) is 3.49. The van der Waals surface area contributed by atoms with E-state index in [0.29, 0.717) is 24.1 Å². The maximum absolute atomic E-state index is 5.40.